The maximum absolute atomic E-state index is 13.3. The number of aliphatic carboxylic acids is 1. The quantitative estimate of drug-likeness (QED) is 0.253. The molecule has 6 atom stereocenters. The maximum Gasteiger partial charge on any atom is 0.417 e. The summed E-state index contributed by atoms with van der Waals surface area (Å²) in [5, 5.41) is 51.7. The van der Waals surface area contributed by atoms with Gasteiger partial charge in [-0.25, -0.2) is 9.59 Å². The number of nitrogens with one attached hydrogen (secondary N) is 1. The van der Waals surface area contributed by atoms with Crippen LogP contribution in [0, 0.1) is 0 Å². The van der Waals surface area contributed by atoms with Crippen LogP contribution in [0.4, 0.5) is 13.2 Å². The normalized spacial score (nSPS) is 26.3. The van der Waals surface area contributed by atoms with Crippen molar-refractivity contribution >= 4 is 22.8 Å². The lowest BCUT2D eigenvalue weighted by atomic mass is 9.88. The summed E-state index contributed by atoms with van der Waals surface area (Å²) in [6.07, 6.45) is -13.2. The number of carbonyl (C=O) groups excluding carboxylic acids is 1. The zero-order valence-corrected chi connectivity index (χ0v) is 18.4. The highest BCUT2D eigenvalue weighted by atomic mass is 19.4. The molecule has 1 aromatic heterocycles. The van der Waals surface area contributed by atoms with Gasteiger partial charge in [0, 0.05) is 24.4 Å². The van der Waals surface area contributed by atoms with Crippen LogP contribution in [-0.4, -0.2) is 80.3 Å². The van der Waals surface area contributed by atoms with Gasteiger partial charge in [0.1, 0.15) is 29.6 Å². The molecule has 1 amide bonds. The second-order valence-electron chi connectivity index (χ2n) is 8.12. The Kier molecular flexibility index (Phi) is 7.61. The number of carboxylic acid groups (broad SMARTS) is 1. The predicted octanol–water partition coefficient (Wildman–Crippen LogP) is -0.660. The number of carboxylic acids is 1. The van der Waals surface area contributed by atoms with Crippen molar-refractivity contribution in [1.29, 1.82) is 0 Å². The molecule has 1 aliphatic rings. The summed E-state index contributed by atoms with van der Waals surface area (Å²) < 4.78 is 55.5. The smallest absolute Gasteiger partial charge is 0.417 e. The van der Waals surface area contributed by atoms with Crippen molar-refractivity contribution in [3.8, 4) is 5.75 Å². The molecule has 2 aromatic rings. The topological polar surface area (TPSA) is 196 Å². The molecule has 1 fully saturated rings. The third kappa shape index (κ3) is 5.44. The average molecular weight is 521 g/mol. The Morgan fingerprint density at radius 3 is 2.50 bits per heavy atom. The minimum absolute atomic E-state index is 0.253. The van der Waals surface area contributed by atoms with E-state index in [1.165, 1.54) is 0 Å². The van der Waals surface area contributed by atoms with Crippen LogP contribution in [-0.2, 0) is 20.5 Å². The van der Waals surface area contributed by atoms with E-state index in [2.05, 4.69) is 5.32 Å². The van der Waals surface area contributed by atoms with E-state index < -0.39 is 95.2 Å². The lowest BCUT2D eigenvalue weighted by molar-refractivity contribution is -0.284. The van der Waals surface area contributed by atoms with Crippen LogP contribution in [0.1, 0.15) is 18.9 Å². The summed E-state index contributed by atoms with van der Waals surface area (Å²) >= 11 is 0. The van der Waals surface area contributed by atoms with Crippen LogP contribution >= 0.6 is 0 Å². The summed E-state index contributed by atoms with van der Waals surface area (Å²) in [6.45, 7) is 0.0718. The Morgan fingerprint density at radius 1 is 1.28 bits per heavy atom. The molecule has 0 radical (unpaired) electrons. The van der Waals surface area contributed by atoms with E-state index in [0.29, 0.717) is 0 Å². The molecule has 0 bridgehead atoms. The fourth-order valence-corrected chi connectivity index (χ4v) is 3.86. The molecule has 4 unspecified atom stereocenters. The lowest BCUT2D eigenvalue weighted by Crippen LogP contribution is -2.68. The summed E-state index contributed by atoms with van der Waals surface area (Å²) in [5.41, 5.74) is -3.21. The Labute approximate surface area is 199 Å². The van der Waals surface area contributed by atoms with Gasteiger partial charge in [0.25, 0.3) is 0 Å². The molecule has 12 nitrogen and oxygen atoms in total. The number of amides is 1. The number of fused-ring (bicyclic) bond motifs is 1. The molecule has 1 aromatic carbocycles. The highest BCUT2D eigenvalue weighted by Gasteiger charge is 2.56. The van der Waals surface area contributed by atoms with E-state index in [9.17, 15) is 48.0 Å². The molecule has 0 aliphatic carbocycles. The molecule has 6 N–H and O–H groups in total. The second-order valence-corrected chi connectivity index (χ2v) is 8.12. The van der Waals surface area contributed by atoms with Crippen molar-refractivity contribution in [3.63, 3.8) is 0 Å². The minimum atomic E-state index is -4.90. The third-order valence-corrected chi connectivity index (χ3v) is 5.49. The van der Waals surface area contributed by atoms with E-state index in [1.807, 2.05) is 0 Å². The summed E-state index contributed by atoms with van der Waals surface area (Å²) in [4.78, 5) is 35.4. The van der Waals surface area contributed by atoms with Crippen molar-refractivity contribution in [2.45, 2.75) is 55.8 Å². The largest absolute Gasteiger partial charge is 0.476 e. The molecular weight excluding hydrogens is 499 g/mol. The Balaban J connectivity index is 2.05. The minimum Gasteiger partial charge on any atom is -0.476 e. The van der Waals surface area contributed by atoms with Gasteiger partial charge in [0.15, 0.2) is 0 Å². The van der Waals surface area contributed by atoms with Gasteiger partial charge in [-0.3, -0.25) is 4.79 Å². The molecule has 198 valence electrons. The zero-order valence-electron chi connectivity index (χ0n) is 18.4. The first-order valence-electron chi connectivity index (χ1n) is 10.4. The van der Waals surface area contributed by atoms with Crippen LogP contribution in [0.15, 0.2) is 33.5 Å². The number of rotatable bonds is 7. The van der Waals surface area contributed by atoms with Crippen LogP contribution in [0.2, 0.25) is 0 Å². The fraction of sp³-hybridized carbons (Fsp3) is 0.476. The van der Waals surface area contributed by atoms with Crippen LogP contribution in [0.25, 0.3) is 11.0 Å². The molecule has 0 saturated carbocycles. The van der Waals surface area contributed by atoms with E-state index in [1.54, 1.807) is 0 Å². The first-order chi connectivity index (χ1) is 16.7. The van der Waals surface area contributed by atoms with Gasteiger partial charge in [-0.1, -0.05) is 0 Å². The van der Waals surface area contributed by atoms with Crippen LogP contribution < -0.4 is 15.7 Å². The van der Waals surface area contributed by atoms with Crippen molar-refractivity contribution in [2.75, 3.05) is 6.61 Å². The monoisotopic (exact) mass is 521 g/mol. The summed E-state index contributed by atoms with van der Waals surface area (Å²) in [6, 6.07) is 1.42. The van der Waals surface area contributed by atoms with Crippen LogP contribution in [0.3, 0.4) is 0 Å². The molecule has 1 saturated heterocycles. The van der Waals surface area contributed by atoms with Gasteiger partial charge < -0.3 is 44.7 Å². The van der Waals surface area contributed by atoms with Gasteiger partial charge in [-0.2, -0.15) is 13.2 Å². The van der Waals surface area contributed by atoms with Gasteiger partial charge in [-0.15, -0.1) is 0 Å². The average Bonchev–Trinajstić information content (AvgIpc) is 2.77. The van der Waals surface area contributed by atoms with Crippen molar-refractivity contribution in [1.82, 2.24) is 5.32 Å². The molecule has 2 heterocycles. The number of aliphatic hydroxyl groups is 4. The van der Waals surface area contributed by atoms with Crippen molar-refractivity contribution in [3.05, 3.63) is 40.2 Å². The highest BCUT2D eigenvalue weighted by molar-refractivity contribution is 5.82. The number of hydrogen-bond donors (Lipinski definition) is 6. The number of hydrogen-bond acceptors (Lipinski definition) is 10. The maximum atomic E-state index is 13.3. The molecule has 36 heavy (non-hydrogen) atoms. The standard InChI is InChI=1S/C21H22F3NO11/c1-8(27)25-16-12(28)6-20(19(32)33,36-18(16)17(31)13(29)7-26)35-9-2-3-10-11(21(22,23)24)5-15(30)34-14(10)4-9/h2-5,12-13,16-18,26,28-29,31H,6-7H2,1H3,(H,25,27)(H,32,33)/t12?,13-,16?,17-,18?,20?/m0/s1. The lowest BCUT2D eigenvalue weighted by Gasteiger charge is -2.46. The first-order valence-corrected chi connectivity index (χ1v) is 10.4. The van der Waals surface area contributed by atoms with Gasteiger partial charge >= 0.3 is 23.6 Å². The van der Waals surface area contributed by atoms with Gasteiger partial charge in [0.2, 0.25) is 5.91 Å². The Bertz CT molecular complexity index is 1200. The Morgan fingerprint density at radius 2 is 1.94 bits per heavy atom. The van der Waals surface area contributed by atoms with E-state index in [-0.39, 0.29) is 6.07 Å². The zero-order chi connectivity index (χ0) is 27.0. The fourth-order valence-electron chi connectivity index (χ4n) is 3.86. The number of ether oxygens (including phenoxy) is 2. The summed E-state index contributed by atoms with van der Waals surface area (Å²) in [5.74, 6) is -5.78. The number of alkyl halides is 3. The molecule has 3 rings (SSSR count). The number of aliphatic hydroxyl groups excluding tert-OH is 4. The Hall–Kier alpha value is -3.24. The van der Waals surface area contributed by atoms with Gasteiger partial charge in [-0.05, 0) is 12.1 Å². The van der Waals surface area contributed by atoms with Crippen molar-refractivity contribution in [2.24, 2.45) is 0 Å². The molecule has 1 aliphatic heterocycles. The number of benzene rings is 1. The van der Waals surface area contributed by atoms with E-state index >= 15 is 0 Å². The van der Waals surface area contributed by atoms with Crippen LogP contribution in [0.5, 0.6) is 5.75 Å². The second kappa shape index (κ2) is 10.0. The van der Waals surface area contributed by atoms with E-state index in [0.717, 1.165) is 25.1 Å². The highest BCUT2D eigenvalue weighted by Crippen LogP contribution is 2.38. The molecular formula is C21H22F3NO11. The van der Waals surface area contributed by atoms with Gasteiger partial charge in [0.05, 0.1) is 30.7 Å². The first kappa shape index (κ1) is 27.3. The SMILES string of the molecule is CC(=O)NC1C(O)CC(Oc2ccc3c(C(F)(F)F)cc(=O)oc3c2)(C(=O)O)OC1[C@@H](O)[C@@H](O)CO. The number of carbonyl (C=O) groups is 2. The predicted molar refractivity (Wildman–Crippen MR) is 111 cm³/mol. The third-order valence-electron chi connectivity index (χ3n) is 5.49. The van der Waals surface area contributed by atoms with E-state index in [4.69, 9.17) is 19.0 Å². The molecule has 15 heteroatoms. The summed E-state index contributed by atoms with van der Waals surface area (Å²) in [7, 11) is 0. The molecule has 0 spiro atoms. The van der Waals surface area contributed by atoms with Crippen molar-refractivity contribution < 1.29 is 62.2 Å². The number of halogens is 3.